The minimum absolute atomic E-state index is 0.155. The van der Waals surface area contributed by atoms with Gasteiger partial charge < -0.3 is 0 Å². The molecule has 0 N–H and O–H groups in total. The van der Waals surface area contributed by atoms with Crippen LogP contribution in [0.4, 0.5) is 0 Å². The molecule has 0 aromatic heterocycles. The van der Waals surface area contributed by atoms with E-state index in [4.69, 9.17) is 0 Å². The summed E-state index contributed by atoms with van der Waals surface area (Å²) in [6.07, 6.45) is 1.97. The Kier molecular flexibility index (Phi) is 1.63. The highest BCUT2D eigenvalue weighted by Crippen LogP contribution is 1.96. The van der Waals surface area contributed by atoms with Gasteiger partial charge in [0.1, 0.15) is 5.70 Å². The fourth-order valence-corrected chi connectivity index (χ4v) is 0.513. The van der Waals surface area contributed by atoms with Crippen molar-refractivity contribution >= 4 is 35.6 Å². The van der Waals surface area contributed by atoms with Crippen molar-refractivity contribution in [2.75, 3.05) is 0 Å². The summed E-state index contributed by atoms with van der Waals surface area (Å²) in [5.41, 5.74) is 0.437. The third-order valence-corrected chi connectivity index (χ3v) is 0.973. The van der Waals surface area contributed by atoms with Crippen LogP contribution in [0.15, 0.2) is 15.7 Å². The molecule has 0 saturated heterocycles. The molecule has 0 unspecified atom stereocenters. The lowest BCUT2D eigenvalue weighted by molar-refractivity contribution is -0.102. The summed E-state index contributed by atoms with van der Waals surface area (Å²) < 4.78 is 0. The maximum absolute atomic E-state index is 9.95. The average Bonchev–Trinajstić information content (AvgIpc) is 2.34. The summed E-state index contributed by atoms with van der Waals surface area (Å²) in [5, 5.41) is 2.33. The molecule has 0 fully saturated rings. The Balaban J connectivity index is 2.99. The van der Waals surface area contributed by atoms with E-state index in [1.807, 2.05) is 0 Å². The molecule has 4 heteroatoms. The summed E-state index contributed by atoms with van der Waals surface area (Å²) in [5.74, 6) is 0.155. The number of hydrogen-bond donors (Lipinski definition) is 0. The van der Waals surface area contributed by atoms with Crippen LogP contribution in [0.5, 0.6) is 0 Å². The second-order valence-corrected chi connectivity index (χ2v) is 1.54. The van der Waals surface area contributed by atoms with Gasteiger partial charge in [-0.3, -0.25) is 4.79 Å². The largest absolute Gasteiger partial charge is 0.294 e. The van der Waals surface area contributed by atoms with Crippen LogP contribution >= 0.6 is 12.2 Å². The van der Waals surface area contributed by atoms with Gasteiger partial charge in [0, 0.05) is 0 Å². The molecule has 1 aliphatic heterocycles. The number of amidine groups is 1. The van der Waals surface area contributed by atoms with Gasteiger partial charge in [-0.2, -0.15) is 0 Å². The van der Waals surface area contributed by atoms with Crippen molar-refractivity contribution in [1.29, 1.82) is 0 Å². The molecule has 44 valence electrons. The van der Waals surface area contributed by atoms with Crippen molar-refractivity contribution in [1.82, 2.24) is 0 Å². The second-order valence-electron chi connectivity index (χ2n) is 1.33. The molecule has 0 aliphatic carbocycles. The molecular weight excluding hydrogens is 136 g/mol. The number of hydrogen-bond acceptors (Lipinski definition) is 4. The Morgan fingerprint density at radius 3 is 2.89 bits per heavy atom. The minimum Gasteiger partial charge on any atom is -0.294 e. The lowest BCUT2D eigenvalue weighted by atomic mass is 10.6. The normalized spacial score (nSPS) is 15.1. The third-order valence-electron chi connectivity index (χ3n) is 0.764. The van der Waals surface area contributed by atoms with E-state index in [-0.39, 0.29) is 5.84 Å². The molecule has 0 radical (unpaired) electrons. The van der Waals surface area contributed by atoms with Crippen molar-refractivity contribution in [3.05, 3.63) is 5.70 Å². The third kappa shape index (κ3) is 1.16. The highest BCUT2D eigenvalue weighted by molar-refractivity contribution is 7.78. The Hall–Kier alpha value is -1.12. The zero-order valence-corrected chi connectivity index (χ0v) is 5.18. The molecule has 1 rings (SSSR count). The Morgan fingerprint density at radius 2 is 2.56 bits per heavy atom. The van der Waals surface area contributed by atoms with E-state index < -0.39 is 0 Å². The smallest absolute Gasteiger partial charge is 0.193 e. The Labute approximate surface area is 56.8 Å². The topological polar surface area (TPSA) is 41.8 Å². The molecule has 0 atom stereocenters. The summed E-state index contributed by atoms with van der Waals surface area (Å²) in [7, 11) is 0. The van der Waals surface area contributed by atoms with E-state index in [9.17, 15) is 4.79 Å². The number of carbonyl (C=O) groups excluding carboxylic acids is 1. The van der Waals surface area contributed by atoms with Gasteiger partial charge in [0.15, 0.2) is 12.1 Å². The van der Waals surface area contributed by atoms with E-state index in [0.29, 0.717) is 12.0 Å². The van der Waals surface area contributed by atoms with Gasteiger partial charge >= 0.3 is 0 Å². The highest BCUT2D eigenvalue weighted by Gasteiger charge is 2.01. The van der Waals surface area contributed by atoms with Crippen LogP contribution in [-0.2, 0) is 4.79 Å². The van der Waals surface area contributed by atoms with Gasteiger partial charge in [-0.25, -0.2) is 9.98 Å². The second kappa shape index (κ2) is 2.44. The van der Waals surface area contributed by atoms with Crippen molar-refractivity contribution in [3.63, 3.8) is 0 Å². The molecule has 0 saturated carbocycles. The number of carbonyl (C=O) groups is 1. The molecule has 0 amide bonds. The Bertz CT molecular complexity index is 248. The van der Waals surface area contributed by atoms with Crippen molar-refractivity contribution < 1.29 is 4.79 Å². The fraction of sp³-hybridized carbons (Fsp3) is 0. The van der Waals surface area contributed by atoms with Crippen LogP contribution in [0.1, 0.15) is 0 Å². The number of rotatable bonds is 1. The van der Waals surface area contributed by atoms with Gasteiger partial charge in [0.05, 0.1) is 6.21 Å². The molecule has 0 aromatic carbocycles. The van der Waals surface area contributed by atoms with Gasteiger partial charge in [-0.15, -0.1) is 0 Å². The summed E-state index contributed by atoms with van der Waals surface area (Å²) in [6.45, 7) is 0. The fourth-order valence-electron chi connectivity index (χ4n) is 0.414. The van der Waals surface area contributed by atoms with Crippen molar-refractivity contribution in [2.24, 2.45) is 9.98 Å². The maximum atomic E-state index is 9.95. The van der Waals surface area contributed by atoms with Crippen molar-refractivity contribution in [2.45, 2.75) is 0 Å². The highest BCUT2D eigenvalue weighted by atomic mass is 32.1. The number of nitrogens with zero attached hydrogens (tertiary/aromatic N) is 2. The number of allylic oxidation sites excluding steroid dienone is 1. The first-order chi connectivity index (χ1) is 4.36. The molecular formula is C5H2N2OS. The summed E-state index contributed by atoms with van der Waals surface area (Å²) in [6, 6.07) is 0. The van der Waals surface area contributed by atoms with Gasteiger partial charge in [-0.1, -0.05) is 0 Å². The van der Waals surface area contributed by atoms with Gasteiger partial charge in [0.2, 0.25) is 0 Å². The lowest BCUT2D eigenvalue weighted by Crippen LogP contribution is -1.88. The van der Waals surface area contributed by atoms with Gasteiger partial charge in [-0.05, 0) is 17.2 Å². The van der Waals surface area contributed by atoms with Crippen LogP contribution < -0.4 is 0 Å². The monoisotopic (exact) mass is 138 g/mol. The lowest BCUT2D eigenvalue weighted by Gasteiger charge is -1.73. The first-order valence-corrected chi connectivity index (χ1v) is 2.60. The average molecular weight is 138 g/mol. The summed E-state index contributed by atoms with van der Waals surface area (Å²) in [4.78, 5) is 17.2. The number of thiocarbonyl (C=S) groups is 1. The van der Waals surface area contributed by atoms with Crippen LogP contribution in [-0.4, -0.2) is 23.4 Å². The van der Waals surface area contributed by atoms with Gasteiger partial charge in [0.25, 0.3) is 0 Å². The molecule has 9 heavy (non-hydrogen) atoms. The molecule has 3 nitrogen and oxygen atoms in total. The predicted octanol–water partition coefficient (Wildman–Crippen LogP) is 0.151. The maximum Gasteiger partial charge on any atom is 0.193 e. The van der Waals surface area contributed by atoms with E-state index in [2.05, 4.69) is 27.2 Å². The number of aliphatic imine (C=N–C) groups is 2. The predicted molar refractivity (Wildman–Crippen MR) is 38.1 cm³/mol. The molecule has 0 spiro atoms. The van der Waals surface area contributed by atoms with E-state index in [1.54, 1.807) is 0 Å². The van der Waals surface area contributed by atoms with E-state index >= 15 is 0 Å². The molecule has 1 aliphatic rings. The van der Waals surface area contributed by atoms with E-state index in [0.717, 1.165) is 0 Å². The zero-order valence-electron chi connectivity index (χ0n) is 4.37. The Morgan fingerprint density at radius 1 is 1.78 bits per heavy atom. The van der Waals surface area contributed by atoms with Crippen LogP contribution in [0.2, 0.25) is 0 Å². The number of aldehydes is 1. The SMILES string of the molecule is O=CC1=NC(=C=S)C=N1. The van der Waals surface area contributed by atoms with Crippen LogP contribution in [0, 0.1) is 0 Å². The standard InChI is InChI=1S/C5H2N2OS/c8-2-5-6-1-4(3-9)7-5/h1-2H. The molecule has 0 aromatic rings. The first kappa shape index (κ1) is 6.01. The van der Waals surface area contributed by atoms with Crippen LogP contribution in [0.25, 0.3) is 0 Å². The van der Waals surface area contributed by atoms with Crippen LogP contribution in [0.3, 0.4) is 0 Å². The zero-order chi connectivity index (χ0) is 6.69. The minimum atomic E-state index is 0.155. The first-order valence-electron chi connectivity index (χ1n) is 2.20. The quantitative estimate of drug-likeness (QED) is 0.382. The summed E-state index contributed by atoms with van der Waals surface area (Å²) >= 11 is 4.41. The molecule has 1 heterocycles. The molecule has 0 bridgehead atoms. The van der Waals surface area contributed by atoms with E-state index in [1.165, 1.54) is 6.21 Å². The van der Waals surface area contributed by atoms with Crippen molar-refractivity contribution in [3.8, 4) is 0 Å².